The fourth-order valence-electron chi connectivity index (χ4n) is 3.66. The maximum absolute atomic E-state index is 6.45. The summed E-state index contributed by atoms with van der Waals surface area (Å²) in [6.45, 7) is 2.17. The molecule has 0 aliphatic carbocycles. The van der Waals surface area contributed by atoms with Gasteiger partial charge in [0.1, 0.15) is 6.61 Å². The number of rotatable bonds is 7. The van der Waals surface area contributed by atoms with Gasteiger partial charge in [-0.25, -0.2) is 0 Å². The molecule has 0 saturated carbocycles. The van der Waals surface area contributed by atoms with E-state index in [0.29, 0.717) is 11.6 Å². The van der Waals surface area contributed by atoms with Gasteiger partial charge < -0.3 is 14.2 Å². The molecule has 3 aromatic carbocycles. The van der Waals surface area contributed by atoms with Crippen LogP contribution in [-0.2, 0) is 6.54 Å². The maximum Gasteiger partial charge on any atom is 0.153 e. The summed E-state index contributed by atoms with van der Waals surface area (Å²) in [5.41, 5.74) is 4.50. The quantitative estimate of drug-likeness (QED) is 0.290. The minimum Gasteiger partial charge on any atom is -0.489 e. The normalized spacial score (nSPS) is 11.4. The molecule has 30 heavy (non-hydrogen) atoms. The fourth-order valence-corrected chi connectivity index (χ4v) is 4.68. The van der Waals surface area contributed by atoms with Gasteiger partial charge in [0.2, 0.25) is 0 Å². The third-order valence-corrected chi connectivity index (χ3v) is 5.87. The highest BCUT2D eigenvalue weighted by molar-refractivity contribution is 9.10. The second-order valence-corrected chi connectivity index (χ2v) is 8.84. The Kier molecular flexibility index (Phi) is 6.47. The molecule has 0 saturated heterocycles. The monoisotopic (exact) mass is 482 g/mol. The predicted molar refractivity (Wildman–Crippen MR) is 130 cm³/mol. The van der Waals surface area contributed by atoms with Gasteiger partial charge in [-0.15, -0.1) is 0 Å². The second-order valence-electron chi connectivity index (χ2n) is 7.55. The van der Waals surface area contributed by atoms with Crippen LogP contribution in [0.2, 0.25) is 5.02 Å². The summed E-state index contributed by atoms with van der Waals surface area (Å²) in [4.78, 5) is 2.12. The van der Waals surface area contributed by atoms with Crippen molar-refractivity contribution in [2.75, 3.05) is 27.2 Å². The van der Waals surface area contributed by atoms with Crippen molar-refractivity contribution in [1.82, 2.24) is 9.47 Å². The van der Waals surface area contributed by atoms with E-state index in [4.69, 9.17) is 16.3 Å². The molecule has 0 radical (unpaired) electrons. The molecule has 4 aromatic rings. The van der Waals surface area contributed by atoms with Gasteiger partial charge in [-0.1, -0.05) is 72.3 Å². The summed E-state index contributed by atoms with van der Waals surface area (Å²) in [5, 5.41) is 1.70. The number of ether oxygens (including phenoxy) is 1. The number of aromatic nitrogens is 1. The van der Waals surface area contributed by atoms with E-state index in [2.05, 4.69) is 73.9 Å². The van der Waals surface area contributed by atoms with E-state index in [0.717, 1.165) is 45.5 Å². The van der Waals surface area contributed by atoms with E-state index in [9.17, 15) is 0 Å². The van der Waals surface area contributed by atoms with Gasteiger partial charge in [0.25, 0.3) is 0 Å². The van der Waals surface area contributed by atoms with Crippen molar-refractivity contribution in [2.45, 2.75) is 6.54 Å². The molecule has 0 spiro atoms. The highest BCUT2D eigenvalue weighted by atomic mass is 79.9. The van der Waals surface area contributed by atoms with Gasteiger partial charge in [0.15, 0.2) is 5.75 Å². The van der Waals surface area contributed by atoms with E-state index in [1.807, 2.05) is 38.4 Å². The van der Waals surface area contributed by atoms with E-state index in [-0.39, 0.29) is 0 Å². The number of likely N-dealkylation sites (N-methyl/N-ethyl adjacent to an activating group) is 1. The lowest BCUT2D eigenvalue weighted by Gasteiger charge is -2.15. The second kappa shape index (κ2) is 9.25. The molecule has 3 nitrogen and oxygen atoms in total. The third kappa shape index (κ3) is 4.41. The van der Waals surface area contributed by atoms with Crippen molar-refractivity contribution in [3.05, 3.63) is 87.9 Å². The molecule has 0 bridgehead atoms. The van der Waals surface area contributed by atoms with Crippen LogP contribution in [0.15, 0.2) is 77.3 Å². The van der Waals surface area contributed by atoms with Crippen molar-refractivity contribution < 1.29 is 4.74 Å². The van der Waals surface area contributed by atoms with Crippen LogP contribution >= 0.6 is 27.5 Å². The zero-order chi connectivity index (χ0) is 21.1. The van der Waals surface area contributed by atoms with Crippen molar-refractivity contribution >= 4 is 38.4 Å². The van der Waals surface area contributed by atoms with Gasteiger partial charge >= 0.3 is 0 Å². The Labute approximate surface area is 191 Å². The van der Waals surface area contributed by atoms with Crippen molar-refractivity contribution in [3.63, 3.8) is 0 Å². The van der Waals surface area contributed by atoms with E-state index < -0.39 is 0 Å². The maximum atomic E-state index is 6.45. The Morgan fingerprint density at radius 2 is 1.63 bits per heavy atom. The predicted octanol–water partition coefficient (Wildman–Crippen LogP) is 6.71. The zero-order valence-electron chi connectivity index (χ0n) is 17.1. The molecule has 1 aromatic heterocycles. The number of hydrogen-bond donors (Lipinski definition) is 0. The molecule has 0 unspecified atom stereocenters. The molecule has 0 N–H and O–H groups in total. The Morgan fingerprint density at radius 1 is 0.967 bits per heavy atom. The molecule has 0 aliphatic rings. The minimum absolute atomic E-state index is 0.599. The van der Waals surface area contributed by atoms with Crippen LogP contribution in [0.25, 0.3) is 22.2 Å². The minimum atomic E-state index is 0.599. The van der Waals surface area contributed by atoms with Crippen LogP contribution < -0.4 is 4.74 Å². The molecule has 0 aliphatic heterocycles. The molecule has 4 rings (SSSR count). The number of halogens is 2. The Bertz CT molecular complexity index is 1140. The molecular weight excluding hydrogens is 460 g/mol. The van der Waals surface area contributed by atoms with E-state index in [1.54, 1.807) is 0 Å². The van der Waals surface area contributed by atoms with Crippen LogP contribution in [0.5, 0.6) is 5.75 Å². The van der Waals surface area contributed by atoms with E-state index in [1.165, 1.54) is 5.56 Å². The molecule has 0 atom stereocenters. The van der Waals surface area contributed by atoms with Crippen molar-refractivity contribution in [1.29, 1.82) is 0 Å². The average molecular weight is 484 g/mol. The van der Waals surface area contributed by atoms with Crippen LogP contribution in [0.1, 0.15) is 5.56 Å². The lowest BCUT2D eigenvalue weighted by Crippen LogP contribution is -2.19. The summed E-state index contributed by atoms with van der Waals surface area (Å²) >= 11 is 10.2. The number of nitrogens with zero attached hydrogens (tertiary/aromatic N) is 2. The molecule has 0 amide bonds. The molecule has 154 valence electrons. The Morgan fingerprint density at radius 3 is 2.30 bits per heavy atom. The molecular formula is C25H24BrClN2O. The van der Waals surface area contributed by atoms with Gasteiger partial charge in [-0.3, -0.25) is 0 Å². The first-order chi connectivity index (χ1) is 14.5. The van der Waals surface area contributed by atoms with Crippen LogP contribution in [0.4, 0.5) is 0 Å². The van der Waals surface area contributed by atoms with Crippen molar-refractivity contribution in [2.24, 2.45) is 0 Å². The van der Waals surface area contributed by atoms with Crippen LogP contribution in [0.3, 0.4) is 0 Å². The topological polar surface area (TPSA) is 17.4 Å². The lowest BCUT2D eigenvalue weighted by molar-refractivity contribution is 0.264. The zero-order valence-corrected chi connectivity index (χ0v) is 19.5. The van der Waals surface area contributed by atoms with Crippen molar-refractivity contribution in [3.8, 4) is 17.0 Å². The highest BCUT2D eigenvalue weighted by Gasteiger charge is 2.22. The first-order valence-electron chi connectivity index (χ1n) is 9.92. The third-order valence-electron chi connectivity index (χ3n) is 5.04. The van der Waals surface area contributed by atoms with Gasteiger partial charge in [0.05, 0.1) is 11.2 Å². The smallest absolute Gasteiger partial charge is 0.153 e. The summed E-state index contributed by atoms with van der Waals surface area (Å²) < 4.78 is 9.69. The fraction of sp³-hybridized carbons (Fsp3) is 0.200. The number of benzene rings is 3. The summed E-state index contributed by atoms with van der Waals surface area (Å²) in [5.74, 6) is 0.872. The van der Waals surface area contributed by atoms with Gasteiger partial charge in [-0.05, 0) is 47.7 Å². The number of fused-ring (bicyclic) bond motifs is 1. The largest absolute Gasteiger partial charge is 0.489 e. The highest BCUT2D eigenvalue weighted by Crippen LogP contribution is 2.44. The first kappa shape index (κ1) is 21.0. The van der Waals surface area contributed by atoms with Crippen LogP contribution in [0, 0.1) is 0 Å². The SMILES string of the molecule is CN(C)CCOc1c(-c2ccccc2)n(Cc2ccccc2)c2c(Br)cc(Cl)cc12. The first-order valence-corrected chi connectivity index (χ1v) is 11.1. The summed E-state index contributed by atoms with van der Waals surface area (Å²) in [7, 11) is 4.10. The Hall–Kier alpha value is -2.27. The molecule has 1 heterocycles. The van der Waals surface area contributed by atoms with Gasteiger partial charge in [0, 0.05) is 33.5 Å². The average Bonchev–Trinajstić information content (AvgIpc) is 3.02. The van der Waals surface area contributed by atoms with Crippen LogP contribution in [-0.4, -0.2) is 36.7 Å². The molecule has 0 fully saturated rings. The van der Waals surface area contributed by atoms with E-state index >= 15 is 0 Å². The van der Waals surface area contributed by atoms with Gasteiger partial charge in [-0.2, -0.15) is 0 Å². The molecule has 5 heteroatoms. The Balaban J connectivity index is 1.96. The lowest BCUT2D eigenvalue weighted by atomic mass is 10.1. The summed E-state index contributed by atoms with van der Waals surface area (Å²) in [6, 6.07) is 24.9. The standard InChI is InChI=1S/C25H24BrClN2O/c1-28(2)13-14-30-25-21-15-20(27)16-22(26)24(21)29(17-18-9-5-3-6-10-18)23(25)19-11-7-4-8-12-19/h3-12,15-16H,13-14,17H2,1-2H3. The summed E-state index contributed by atoms with van der Waals surface area (Å²) in [6.07, 6.45) is 0. The number of hydrogen-bond acceptors (Lipinski definition) is 2.